The van der Waals surface area contributed by atoms with Crippen LogP contribution in [-0.2, 0) is 24.3 Å². The van der Waals surface area contributed by atoms with Crippen LogP contribution in [0.5, 0.6) is 0 Å². The van der Waals surface area contributed by atoms with Gasteiger partial charge in [0.1, 0.15) is 11.0 Å². The van der Waals surface area contributed by atoms with Crippen molar-refractivity contribution in [1.82, 2.24) is 18.5 Å². The van der Waals surface area contributed by atoms with Crippen LogP contribution in [0.1, 0.15) is 16.7 Å². The molecule has 0 saturated carbocycles. The van der Waals surface area contributed by atoms with Gasteiger partial charge in [0.05, 0.1) is 17.8 Å². The van der Waals surface area contributed by atoms with Crippen LogP contribution in [-0.4, -0.2) is 44.6 Å². The van der Waals surface area contributed by atoms with Crippen LogP contribution >= 0.6 is 11.7 Å². The molecule has 5 nitrogen and oxygen atoms in total. The molecule has 0 N–H and O–H groups in total. The Morgan fingerprint density at radius 1 is 1.20 bits per heavy atom. The molecular weight excluding hydrogens is 332 g/mol. The highest BCUT2D eigenvalue weighted by atomic mass is 32.1. The monoisotopic (exact) mass is 352 g/mol. The minimum absolute atomic E-state index is 0.107. The molecule has 2 heterocycles. The number of fused-ring (bicyclic) bond motifs is 2. The molecule has 128 valence electrons. The minimum Gasteiger partial charge on any atom is -0.340 e. The smallest absolute Gasteiger partial charge is 0.240 e. The fourth-order valence-electron chi connectivity index (χ4n) is 3.46. The Balaban J connectivity index is 1.50. The highest BCUT2D eigenvalue weighted by Gasteiger charge is 2.30. The summed E-state index contributed by atoms with van der Waals surface area (Å²) in [6, 6.07) is 14.3. The van der Waals surface area contributed by atoms with Crippen molar-refractivity contribution >= 4 is 28.7 Å². The lowest BCUT2D eigenvalue weighted by Crippen LogP contribution is -2.48. The Hall–Kier alpha value is -2.31. The molecule has 1 unspecified atom stereocenters. The molecule has 0 radical (unpaired) electrons. The molecular formula is C19H20N4OS. The zero-order valence-corrected chi connectivity index (χ0v) is 15.2. The second-order valence-electron chi connectivity index (χ2n) is 6.69. The maximum atomic E-state index is 13.0. The standard InChI is InChI=1S/C19H20N4OS/c1-22-12-15-6-4-3-5-14(15)10-18(22)19(24)23(2)11-13-7-8-16-17(9-13)21-25-20-16/h3-9,18H,10-12H2,1-2H3. The highest BCUT2D eigenvalue weighted by molar-refractivity contribution is 7.00. The summed E-state index contributed by atoms with van der Waals surface area (Å²) in [7, 11) is 3.90. The molecule has 1 aliphatic heterocycles. The van der Waals surface area contributed by atoms with E-state index in [0.29, 0.717) is 6.54 Å². The molecule has 0 aliphatic carbocycles. The number of likely N-dealkylation sites (N-methyl/N-ethyl adjacent to an activating group) is 2. The van der Waals surface area contributed by atoms with Crippen LogP contribution in [0.25, 0.3) is 11.0 Å². The first kappa shape index (κ1) is 16.2. The molecule has 2 aromatic carbocycles. The number of hydrogen-bond donors (Lipinski definition) is 0. The third-order valence-corrected chi connectivity index (χ3v) is 5.44. The van der Waals surface area contributed by atoms with E-state index < -0.39 is 0 Å². The number of aromatic nitrogens is 2. The molecule has 1 atom stereocenters. The normalized spacial score (nSPS) is 17.4. The first-order chi connectivity index (χ1) is 12.1. The van der Waals surface area contributed by atoms with E-state index >= 15 is 0 Å². The van der Waals surface area contributed by atoms with Crippen molar-refractivity contribution in [2.45, 2.75) is 25.6 Å². The maximum Gasteiger partial charge on any atom is 0.240 e. The largest absolute Gasteiger partial charge is 0.340 e. The third-order valence-electron chi connectivity index (χ3n) is 4.88. The van der Waals surface area contributed by atoms with Gasteiger partial charge in [0, 0.05) is 20.1 Å². The summed E-state index contributed by atoms with van der Waals surface area (Å²) in [5.41, 5.74) is 5.48. The van der Waals surface area contributed by atoms with Gasteiger partial charge in [-0.15, -0.1) is 0 Å². The van der Waals surface area contributed by atoms with Crippen LogP contribution in [0.15, 0.2) is 42.5 Å². The van der Waals surface area contributed by atoms with Crippen molar-refractivity contribution in [3.05, 3.63) is 59.2 Å². The Kier molecular flexibility index (Phi) is 4.23. The molecule has 0 fully saturated rings. The first-order valence-electron chi connectivity index (χ1n) is 8.35. The van der Waals surface area contributed by atoms with Gasteiger partial charge in [-0.25, -0.2) is 0 Å². The van der Waals surface area contributed by atoms with Gasteiger partial charge < -0.3 is 4.90 Å². The SMILES string of the molecule is CN(Cc1ccc2nsnc2c1)C(=O)C1Cc2ccccc2CN1C. The average Bonchev–Trinajstić information content (AvgIpc) is 3.08. The lowest BCUT2D eigenvalue weighted by atomic mass is 9.93. The molecule has 4 rings (SSSR count). The number of amides is 1. The topological polar surface area (TPSA) is 49.3 Å². The summed E-state index contributed by atoms with van der Waals surface area (Å²) in [6.07, 6.45) is 0.769. The lowest BCUT2D eigenvalue weighted by molar-refractivity contribution is -0.136. The Morgan fingerprint density at radius 3 is 2.80 bits per heavy atom. The summed E-state index contributed by atoms with van der Waals surface area (Å²) < 4.78 is 8.50. The van der Waals surface area contributed by atoms with E-state index in [1.54, 1.807) is 0 Å². The van der Waals surface area contributed by atoms with E-state index in [0.717, 1.165) is 29.6 Å². The van der Waals surface area contributed by atoms with Crippen LogP contribution in [0.4, 0.5) is 0 Å². The number of benzene rings is 2. The number of nitrogens with zero attached hydrogens (tertiary/aromatic N) is 4. The fourth-order valence-corrected chi connectivity index (χ4v) is 3.98. The summed E-state index contributed by atoms with van der Waals surface area (Å²) >= 11 is 1.22. The molecule has 0 bridgehead atoms. The van der Waals surface area contributed by atoms with Crippen molar-refractivity contribution in [1.29, 1.82) is 0 Å². The van der Waals surface area contributed by atoms with E-state index in [1.807, 2.05) is 43.3 Å². The Bertz CT molecular complexity index is 922. The van der Waals surface area contributed by atoms with Gasteiger partial charge in [-0.1, -0.05) is 30.3 Å². The molecule has 0 spiro atoms. The zero-order chi connectivity index (χ0) is 17.4. The Morgan fingerprint density at radius 2 is 1.96 bits per heavy atom. The van der Waals surface area contributed by atoms with Crippen molar-refractivity contribution < 1.29 is 4.79 Å². The van der Waals surface area contributed by atoms with Gasteiger partial charge in [0.25, 0.3) is 0 Å². The minimum atomic E-state index is -0.107. The lowest BCUT2D eigenvalue weighted by Gasteiger charge is -2.35. The first-order valence-corrected chi connectivity index (χ1v) is 9.08. The van der Waals surface area contributed by atoms with E-state index in [4.69, 9.17) is 0 Å². The predicted octanol–water partition coefficient (Wildman–Crippen LogP) is 2.71. The van der Waals surface area contributed by atoms with Gasteiger partial charge in [-0.2, -0.15) is 8.75 Å². The van der Waals surface area contributed by atoms with Crippen LogP contribution in [0, 0.1) is 0 Å². The van der Waals surface area contributed by atoms with Crippen molar-refractivity contribution in [3.8, 4) is 0 Å². The molecule has 6 heteroatoms. The highest BCUT2D eigenvalue weighted by Crippen LogP contribution is 2.23. The van der Waals surface area contributed by atoms with Crippen LogP contribution in [0.3, 0.4) is 0 Å². The maximum absolute atomic E-state index is 13.0. The van der Waals surface area contributed by atoms with Crippen LogP contribution in [0.2, 0.25) is 0 Å². The molecule has 0 saturated heterocycles. The molecule has 1 aromatic heterocycles. The van der Waals surface area contributed by atoms with Crippen LogP contribution < -0.4 is 0 Å². The van der Waals surface area contributed by atoms with E-state index in [2.05, 4.69) is 31.8 Å². The number of hydrogen-bond acceptors (Lipinski definition) is 5. The summed E-state index contributed by atoms with van der Waals surface area (Å²) in [6.45, 7) is 1.40. The second kappa shape index (κ2) is 6.54. The number of rotatable bonds is 3. The quantitative estimate of drug-likeness (QED) is 0.727. The zero-order valence-electron chi connectivity index (χ0n) is 14.3. The van der Waals surface area contributed by atoms with Gasteiger partial charge in [-0.05, 0) is 42.3 Å². The summed E-state index contributed by atoms with van der Waals surface area (Å²) in [5.74, 6) is 0.161. The van der Waals surface area contributed by atoms with Crippen molar-refractivity contribution in [2.24, 2.45) is 0 Å². The number of carbonyl (C=O) groups excluding carboxylic acids is 1. The van der Waals surface area contributed by atoms with Crippen molar-refractivity contribution in [3.63, 3.8) is 0 Å². The molecule has 3 aromatic rings. The van der Waals surface area contributed by atoms with Gasteiger partial charge >= 0.3 is 0 Å². The molecule has 25 heavy (non-hydrogen) atoms. The molecule has 1 amide bonds. The number of carbonyl (C=O) groups is 1. The summed E-state index contributed by atoms with van der Waals surface area (Å²) in [5, 5.41) is 0. The average molecular weight is 352 g/mol. The van der Waals surface area contributed by atoms with E-state index in [9.17, 15) is 4.79 Å². The van der Waals surface area contributed by atoms with Crippen molar-refractivity contribution in [2.75, 3.05) is 14.1 Å². The fraction of sp³-hybridized carbons (Fsp3) is 0.316. The van der Waals surface area contributed by atoms with E-state index in [-0.39, 0.29) is 11.9 Å². The molecule has 1 aliphatic rings. The van der Waals surface area contributed by atoms with E-state index in [1.165, 1.54) is 22.9 Å². The second-order valence-corrected chi connectivity index (χ2v) is 7.21. The Labute approximate surface area is 151 Å². The van der Waals surface area contributed by atoms with Gasteiger partial charge in [0.2, 0.25) is 5.91 Å². The summed E-state index contributed by atoms with van der Waals surface area (Å²) in [4.78, 5) is 17.0. The van der Waals surface area contributed by atoms with Gasteiger partial charge in [0.15, 0.2) is 0 Å². The predicted molar refractivity (Wildman–Crippen MR) is 99.3 cm³/mol. The third kappa shape index (κ3) is 3.15. The van der Waals surface area contributed by atoms with Gasteiger partial charge in [-0.3, -0.25) is 9.69 Å².